The van der Waals surface area contributed by atoms with Crippen molar-refractivity contribution in [3.63, 3.8) is 0 Å². The van der Waals surface area contributed by atoms with Crippen LogP contribution in [0.4, 0.5) is 0 Å². The average Bonchev–Trinajstić information content (AvgIpc) is 2.40. The quantitative estimate of drug-likeness (QED) is 0.879. The minimum absolute atomic E-state index is 0.0244. The molecule has 0 aromatic carbocycles. The van der Waals surface area contributed by atoms with Crippen LogP contribution in [0.25, 0.3) is 5.65 Å². The van der Waals surface area contributed by atoms with Crippen LogP contribution in [0.1, 0.15) is 31.0 Å². The van der Waals surface area contributed by atoms with E-state index in [-0.39, 0.29) is 11.6 Å². The molecule has 1 saturated heterocycles. The molecule has 3 heterocycles. The summed E-state index contributed by atoms with van der Waals surface area (Å²) in [7, 11) is 0. The van der Waals surface area contributed by atoms with Crippen molar-refractivity contribution in [3.8, 4) is 0 Å². The highest BCUT2D eigenvalue weighted by Gasteiger charge is 2.17. The largest absolute Gasteiger partial charge is 0.309 e. The first-order valence-corrected chi connectivity index (χ1v) is 6.95. The van der Waals surface area contributed by atoms with Gasteiger partial charge in [0, 0.05) is 22.8 Å². The summed E-state index contributed by atoms with van der Waals surface area (Å²) in [5.74, 6) is 0. The fourth-order valence-corrected chi connectivity index (χ4v) is 2.71. The standard InChI is InChI=1S/C13H14BrN3O/c14-9-4-5-12-16-11(7-13(18)17(12)8-9)10-3-1-2-6-15-10/h4-5,7-8,10,15H,1-3,6H2. The molecule has 1 aliphatic heterocycles. The second kappa shape index (κ2) is 4.82. The van der Waals surface area contributed by atoms with Crippen LogP contribution in [-0.4, -0.2) is 15.9 Å². The lowest BCUT2D eigenvalue weighted by molar-refractivity contribution is 0.405. The molecule has 3 rings (SSSR count). The van der Waals surface area contributed by atoms with Gasteiger partial charge in [0.2, 0.25) is 0 Å². The van der Waals surface area contributed by atoms with E-state index < -0.39 is 0 Å². The molecule has 1 atom stereocenters. The Morgan fingerprint density at radius 1 is 1.39 bits per heavy atom. The first-order chi connectivity index (χ1) is 8.74. The fourth-order valence-electron chi connectivity index (χ4n) is 2.38. The zero-order valence-corrected chi connectivity index (χ0v) is 11.5. The summed E-state index contributed by atoms with van der Waals surface area (Å²) in [4.78, 5) is 16.6. The fraction of sp³-hybridized carbons (Fsp3) is 0.385. The molecule has 0 bridgehead atoms. The Kier molecular flexibility index (Phi) is 3.18. The van der Waals surface area contributed by atoms with Gasteiger partial charge in [-0.2, -0.15) is 0 Å². The molecular formula is C13H14BrN3O. The van der Waals surface area contributed by atoms with Crippen molar-refractivity contribution in [2.75, 3.05) is 6.54 Å². The highest BCUT2D eigenvalue weighted by Crippen LogP contribution is 2.21. The minimum atomic E-state index is -0.0244. The van der Waals surface area contributed by atoms with Crippen molar-refractivity contribution < 1.29 is 0 Å². The van der Waals surface area contributed by atoms with E-state index in [1.807, 2.05) is 12.1 Å². The van der Waals surface area contributed by atoms with E-state index in [1.165, 1.54) is 12.8 Å². The molecule has 2 aromatic heterocycles. The Bertz CT molecular complexity index is 632. The molecule has 0 amide bonds. The smallest absolute Gasteiger partial charge is 0.258 e. The number of rotatable bonds is 1. The SMILES string of the molecule is O=c1cc(C2CCCCN2)nc2ccc(Br)cn12. The number of hydrogen-bond acceptors (Lipinski definition) is 3. The molecule has 1 fully saturated rings. The second-order valence-electron chi connectivity index (χ2n) is 4.60. The van der Waals surface area contributed by atoms with Gasteiger partial charge in [0.1, 0.15) is 5.65 Å². The summed E-state index contributed by atoms with van der Waals surface area (Å²) in [5.41, 5.74) is 1.54. The van der Waals surface area contributed by atoms with Gasteiger partial charge in [0.05, 0.1) is 5.69 Å². The molecule has 0 spiro atoms. The first-order valence-electron chi connectivity index (χ1n) is 6.16. The van der Waals surface area contributed by atoms with Crippen molar-refractivity contribution in [2.45, 2.75) is 25.3 Å². The molecule has 0 saturated carbocycles. The third-order valence-electron chi connectivity index (χ3n) is 3.31. The molecule has 1 N–H and O–H groups in total. The van der Waals surface area contributed by atoms with E-state index in [9.17, 15) is 4.79 Å². The van der Waals surface area contributed by atoms with Crippen LogP contribution in [0.5, 0.6) is 0 Å². The maximum absolute atomic E-state index is 12.1. The van der Waals surface area contributed by atoms with E-state index in [0.717, 1.165) is 23.1 Å². The van der Waals surface area contributed by atoms with Gasteiger partial charge < -0.3 is 5.32 Å². The molecule has 94 valence electrons. The molecular weight excluding hydrogens is 294 g/mol. The molecule has 0 radical (unpaired) electrons. The number of hydrogen-bond donors (Lipinski definition) is 1. The van der Waals surface area contributed by atoms with Crippen LogP contribution in [0.3, 0.4) is 0 Å². The number of piperidine rings is 1. The maximum atomic E-state index is 12.1. The number of nitrogens with zero attached hydrogens (tertiary/aromatic N) is 2. The molecule has 2 aromatic rings. The van der Waals surface area contributed by atoms with Gasteiger partial charge in [0.25, 0.3) is 5.56 Å². The zero-order valence-electron chi connectivity index (χ0n) is 9.90. The van der Waals surface area contributed by atoms with Crippen molar-refractivity contribution in [1.29, 1.82) is 0 Å². The topological polar surface area (TPSA) is 46.4 Å². The lowest BCUT2D eigenvalue weighted by Gasteiger charge is -2.22. The normalized spacial score (nSPS) is 20.2. The minimum Gasteiger partial charge on any atom is -0.309 e. The average molecular weight is 308 g/mol. The van der Waals surface area contributed by atoms with Gasteiger partial charge in [-0.1, -0.05) is 6.42 Å². The highest BCUT2D eigenvalue weighted by molar-refractivity contribution is 9.10. The predicted octanol–water partition coefficient (Wildman–Crippen LogP) is 2.27. The van der Waals surface area contributed by atoms with E-state index in [4.69, 9.17) is 0 Å². The van der Waals surface area contributed by atoms with Gasteiger partial charge in [-0.15, -0.1) is 0 Å². The van der Waals surface area contributed by atoms with Crippen LogP contribution in [0.15, 0.2) is 33.7 Å². The predicted molar refractivity (Wildman–Crippen MR) is 73.8 cm³/mol. The van der Waals surface area contributed by atoms with E-state index in [1.54, 1.807) is 16.7 Å². The third-order valence-corrected chi connectivity index (χ3v) is 3.78. The van der Waals surface area contributed by atoms with E-state index in [0.29, 0.717) is 5.65 Å². The van der Waals surface area contributed by atoms with Crippen molar-refractivity contribution in [1.82, 2.24) is 14.7 Å². The van der Waals surface area contributed by atoms with Crippen LogP contribution >= 0.6 is 15.9 Å². The summed E-state index contributed by atoms with van der Waals surface area (Å²) >= 11 is 3.36. The first kappa shape index (κ1) is 11.9. The molecule has 4 nitrogen and oxygen atoms in total. The van der Waals surface area contributed by atoms with Crippen LogP contribution in [0, 0.1) is 0 Å². The lowest BCUT2D eigenvalue weighted by atomic mass is 10.0. The summed E-state index contributed by atoms with van der Waals surface area (Å²) in [6.45, 7) is 1.01. The van der Waals surface area contributed by atoms with Gasteiger partial charge in [-0.25, -0.2) is 4.98 Å². The van der Waals surface area contributed by atoms with Gasteiger partial charge in [0.15, 0.2) is 0 Å². The Morgan fingerprint density at radius 2 is 2.28 bits per heavy atom. The van der Waals surface area contributed by atoms with E-state index in [2.05, 4.69) is 26.2 Å². The Labute approximate surface area is 113 Å². The van der Waals surface area contributed by atoms with E-state index >= 15 is 0 Å². The summed E-state index contributed by atoms with van der Waals surface area (Å²) < 4.78 is 2.44. The van der Waals surface area contributed by atoms with Crippen LogP contribution < -0.4 is 10.9 Å². The summed E-state index contributed by atoms with van der Waals surface area (Å²) in [6.07, 6.45) is 5.21. The Morgan fingerprint density at radius 3 is 3.06 bits per heavy atom. The number of fused-ring (bicyclic) bond motifs is 1. The summed E-state index contributed by atoms with van der Waals surface area (Å²) in [6, 6.07) is 5.63. The lowest BCUT2D eigenvalue weighted by Crippen LogP contribution is -2.29. The Balaban J connectivity index is 2.09. The summed E-state index contributed by atoms with van der Waals surface area (Å²) in [5, 5.41) is 3.42. The maximum Gasteiger partial charge on any atom is 0.258 e. The third kappa shape index (κ3) is 2.20. The van der Waals surface area contributed by atoms with Crippen molar-refractivity contribution in [3.05, 3.63) is 44.9 Å². The van der Waals surface area contributed by atoms with Gasteiger partial charge in [-0.05, 0) is 47.4 Å². The van der Waals surface area contributed by atoms with Crippen LogP contribution in [0.2, 0.25) is 0 Å². The number of pyridine rings is 1. The van der Waals surface area contributed by atoms with Gasteiger partial charge >= 0.3 is 0 Å². The molecule has 0 aliphatic carbocycles. The zero-order chi connectivity index (χ0) is 12.5. The Hall–Kier alpha value is -1.20. The number of nitrogens with one attached hydrogen (secondary N) is 1. The molecule has 1 unspecified atom stereocenters. The molecule has 18 heavy (non-hydrogen) atoms. The second-order valence-corrected chi connectivity index (χ2v) is 5.51. The van der Waals surface area contributed by atoms with Crippen molar-refractivity contribution in [2.24, 2.45) is 0 Å². The monoisotopic (exact) mass is 307 g/mol. The van der Waals surface area contributed by atoms with Gasteiger partial charge in [-0.3, -0.25) is 9.20 Å². The van der Waals surface area contributed by atoms with Crippen LogP contribution in [-0.2, 0) is 0 Å². The van der Waals surface area contributed by atoms with Crippen molar-refractivity contribution >= 4 is 21.6 Å². The number of halogens is 1. The number of aromatic nitrogens is 2. The molecule has 5 heteroatoms. The highest BCUT2D eigenvalue weighted by atomic mass is 79.9. The molecule has 1 aliphatic rings.